The summed E-state index contributed by atoms with van der Waals surface area (Å²) in [7, 11) is -3.56. The lowest BCUT2D eigenvalue weighted by atomic mass is 10.1. The van der Waals surface area contributed by atoms with E-state index in [2.05, 4.69) is 14.7 Å². The molecule has 0 saturated carbocycles. The average molecular weight is 339 g/mol. The van der Waals surface area contributed by atoms with Gasteiger partial charge in [0.05, 0.1) is 10.6 Å². The second kappa shape index (κ2) is 6.90. The van der Waals surface area contributed by atoms with Crippen molar-refractivity contribution in [2.45, 2.75) is 18.4 Å². The Bertz CT molecular complexity index is 924. The molecule has 6 heteroatoms. The van der Waals surface area contributed by atoms with Crippen LogP contribution in [0.1, 0.15) is 11.1 Å². The van der Waals surface area contributed by atoms with Crippen LogP contribution in [0.3, 0.4) is 0 Å². The summed E-state index contributed by atoms with van der Waals surface area (Å²) in [6.07, 6.45) is 5.06. The van der Waals surface area contributed by atoms with Crippen LogP contribution in [-0.2, 0) is 16.6 Å². The lowest BCUT2D eigenvalue weighted by Gasteiger charge is -2.10. The van der Waals surface area contributed by atoms with Crippen LogP contribution in [0, 0.1) is 6.92 Å². The first-order valence-corrected chi connectivity index (χ1v) is 8.95. The van der Waals surface area contributed by atoms with Gasteiger partial charge in [-0.3, -0.25) is 9.97 Å². The van der Waals surface area contributed by atoms with Crippen LogP contribution in [0.2, 0.25) is 0 Å². The number of nitrogens with one attached hydrogen (secondary N) is 1. The molecule has 5 nitrogen and oxygen atoms in total. The molecule has 0 radical (unpaired) electrons. The van der Waals surface area contributed by atoms with Gasteiger partial charge in [0.1, 0.15) is 0 Å². The minimum atomic E-state index is -3.56. The number of pyridine rings is 2. The van der Waals surface area contributed by atoms with Crippen molar-refractivity contribution in [3.8, 4) is 11.3 Å². The summed E-state index contributed by atoms with van der Waals surface area (Å²) in [5.41, 5.74) is 3.46. The highest BCUT2D eigenvalue weighted by molar-refractivity contribution is 7.89. The number of hydrogen-bond donors (Lipinski definition) is 1. The number of aryl methyl sites for hydroxylation is 1. The zero-order chi connectivity index (χ0) is 17.0. The minimum absolute atomic E-state index is 0.168. The van der Waals surface area contributed by atoms with Crippen molar-refractivity contribution >= 4 is 10.0 Å². The first-order chi connectivity index (χ1) is 11.6. The molecule has 0 fully saturated rings. The maximum absolute atomic E-state index is 12.4. The lowest BCUT2D eigenvalue weighted by Crippen LogP contribution is -2.23. The van der Waals surface area contributed by atoms with Crippen LogP contribution < -0.4 is 4.72 Å². The largest absolute Gasteiger partial charge is 0.265 e. The molecule has 0 aliphatic carbocycles. The molecular formula is C18H17N3O2S. The Balaban J connectivity index is 1.84. The summed E-state index contributed by atoms with van der Waals surface area (Å²) in [4.78, 5) is 8.62. The molecule has 0 spiro atoms. The van der Waals surface area contributed by atoms with Gasteiger partial charge in [0, 0.05) is 30.7 Å². The number of rotatable bonds is 5. The van der Waals surface area contributed by atoms with E-state index in [9.17, 15) is 8.42 Å². The second-order valence-corrected chi connectivity index (χ2v) is 7.15. The number of sulfonamides is 1. The van der Waals surface area contributed by atoms with E-state index in [1.807, 2.05) is 25.1 Å². The minimum Gasteiger partial charge on any atom is -0.265 e. The van der Waals surface area contributed by atoms with Crippen LogP contribution in [0.4, 0.5) is 0 Å². The van der Waals surface area contributed by atoms with Gasteiger partial charge in [0.25, 0.3) is 0 Å². The summed E-state index contributed by atoms with van der Waals surface area (Å²) in [5, 5.41) is 0. The molecule has 0 saturated heterocycles. The second-order valence-electron chi connectivity index (χ2n) is 5.38. The van der Waals surface area contributed by atoms with Crippen molar-refractivity contribution in [1.82, 2.24) is 14.7 Å². The van der Waals surface area contributed by atoms with Gasteiger partial charge in [-0.15, -0.1) is 0 Å². The number of nitrogens with zero attached hydrogens (tertiary/aromatic N) is 2. The van der Waals surface area contributed by atoms with Gasteiger partial charge < -0.3 is 0 Å². The van der Waals surface area contributed by atoms with Crippen molar-refractivity contribution in [3.63, 3.8) is 0 Å². The van der Waals surface area contributed by atoms with Gasteiger partial charge in [-0.25, -0.2) is 13.1 Å². The van der Waals surface area contributed by atoms with E-state index in [1.165, 1.54) is 0 Å². The smallest absolute Gasteiger partial charge is 0.240 e. The third-order valence-corrected chi connectivity index (χ3v) is 5.05. The van der Waals surface area contributed by atoms with Crippen molar-refractivity contribution in [3.05, 3.63) is 78.2 Å². The maximum atomic E-state index is 12.4. The van der Waals surface area contributed by atoms with E-state index in [4.69, 9.17) is 0 Å². The van der Waals surface area contributed by atoms with E-state index >= 15 is 0 Å². The molecule has 0 amide bonds. The molecular weight excluding hydrogens is 322 g/mol. The Morgan fingerprint density at radius 3 is 2.38 bits per heavy atom. The number of aromatic nitrogens is 2. The van der Waals surface area contributed by atoms with Gasteiger partial charge in [-0.1, -0.05) is 23.8 Å². The van der Waals surface area contributed by atoms with E-state index in [0.29, 0.717) is 0 Å². The predicted molar refractivity (Wildman–Crippen MR) is 92.7 cm³/mol. The number of hydrogen-bond acceptors (Lipinski definition) is 4. The fourth-order valence-corrected chi connectivity index (χ4v) is 3.33. The molecule has 24 heavy (non-hydrogen) atoms. The molecule has 3 rings (SSSR count). The molecule has 3 aromatic rings. The Hall–Kier alpha value is -2.57. The molecule has 122 valence electrons. The topological polar surface area (TPSA) is 72.0 Å². The lowest BCUT2D eigenvalue weighted by molar-refractivity contribution is 0.581. The first-order valence-electron chi connectivity index (χ1n) is 7.47. The van der Waals surface area contributed by atoms with E-state index < -0.39 is 10.0 Å². The van der Waals surface area contributed by atoms with E-state index in [1.54, 1.807) is 48.9 Å². The molecule has 1 N–H and O–H groups in total. The fourth-order valence-electron chi connectivity index (χ4n) is 2.32. The van der Waals surface area contributed by atoms with Gasteiger partial charge in [0.2, 0.25) is 10.0 Å². The number of benzene rings is 1. The molecule has 0 unspecified atom stereocenters. The van der Waals surface area contributed by atoms with Crippen LogP contribution in [0.15, 0.2) is 72.0 Å². The maximum Gasteiger partial charge on any atom is 0.240 e. The molecule has 2 aromatic heterocycles. The van der Waals surface area contributed by atoms with Crippen LogP contribution in [0.5, 0.6) is 0 Å². The van der Waals surface area contributed by atoms with E-state index in [-0.39, 0.29) is 11.4 Å². The Labute approximate surface area is 141 Å². The molecule has 0 atom stereocenters. The standard InChI is InChI=1S/C18H17N3O2S/c1-14-4-6-17(7-5-14)24(22,23)21-13-16-3-2-10-20-18(16)15-8-11-19-12-9-15/h2-12,21H,13H2,1H3. The third kappa shape index (κ3) is 3.67. The average Bonchev–Trinajstić information content (AvgIpc) is 2.61. The Morgan fingerprint density at radius 2 is 1.67 bits per heavy atom. The summed E-state index contributed by atoms with van der Waals surface area (Å²) >= 11 is 0. The molecule has 2 heterocycles. The summed E-state index contributed by atoms with van der Waals surface area (Å²) in [6, 6.07) is 14.1. The van der Waals surface area contributed by atoms with Gasteiger partial charge in [0.15, 0.2) is 0 Å². The summed E-state index contributed by atoms with van der Waals surface area (Å²) < 4.78 is 27.5. The zero-order valence-electron chi connectivity index (χ0n) is 13.2. The van der Waals surface area contributed by atoms with Gasteiger partial charge in [-0.2, -0.15) is 0 Å². The third-order valence-electron chi connectivity index (χ3n) is 3.63. The predicted octanol–water partition coefficient (Wildman–Crippen LogP) is 2.93. The quantitative estimate of drug-likeness (QED) is 0.776. The highest BCUT2D eigenvalue weighted by atomic mass is 32.2. The van der Waals surface area contributed by atoms with Gasteiger partial charge >= 0.3 is 0 Å². The summed E-state index contributed by atoms with van der Waals surface area (Å²) in [5.74, 6) is 0. The zero-order valence-corrected chi connectivity index (χ0v) is 14.0. The van der Waals surface area contributed by atoms with Gasteiger partial charge in [-0.05, 0) is 42.8 Å². The highest BCUT2D eigenvalue weighted by Gasteiger charge is 2.15. The SMILES string of the molecule is Cc1ccc(S(=O)(=O)NCc2cccnc2-c2ccncc2)cc1. The van der Waals surface area contributed by atoms with Crippen LogP contribution in [0.25, 0.3) is 11.3 Å². The molecule has 0 aliphatic rings. The normalized spacial score (nSPS) is 11.4. The van der Waals surface area contributed by atoms with E-state index in [0.717, 1.165) is 22.4 Å². The molecule has 0 aliphatic heterocycles. The van der Waals surface area contributed by atoms with Crippen LogP contribution >= 0.6 is 0 Å². The van der Waals surface area contributed by atoms with Crippen molar-refractivity contribution in [2.75, 3.05) is 0 Å². The Kier molecular flexibility index (Phi) is 4.69. The van der Waals surface area contributed by atoms with Crippen LogP contribution in [-0.4, -0.2) is 18.4 Å². The summed E-state index contributed by atoms with van der Waals surface area (Å²) in [6.45, 7) is 2.09. The van der Waals surface area contributed by atoms with Crippen molar-refractivity contribution < 1.29 is 8.42 Å². The monoisotopic (exact) mass is 339 g/mol. The van der Waals surface area contributed by atoms with Crippen molar-refractivity contribution in [1.29, 1.82) is 0 Å². The molecule has 1 aromatic carbocycles. The van der Waals surface area contributed by atoms with Crippen molar-refractivity contribution in [2.24, 2.45) is 0 Å². The first kappa shape index (κ1) is 16.3. The fraction of sp³-hybridized carbons (Fsp3) is 0.111. The highest BCUT2D eigenvalue weighted by Crippen LogP contribution is 2.20. The molecule has 0 bridgehead atoms. The Morgan fingerprint density at radius 1 is 0.958 bits per heavy atom.